The van der Waals surface area contributed by atoms with Gasteiger partial charge in [-0.15, -0.1) is 0 Å². The third-order valence-electron chi connectivity index (χ3n) is 5.39. The Morgan fingerprint density at radius 3 is 2.64 bits per heavy atom. The number of aromatic nitrogens is 3. The molecule has 0 aliphatic heterocycles. The van der Waals surface area contributed by atoms with Crippen molar-refractivity contribution in [2.24, 2.45) is 11.8 Å². The summed E-state index contributed by atoms with van der Waals surface area (Å²) in [6.07, 6.45) is 6.42. The number of rotatable bonds is 5. The van der Waals surface area contributed by atoms with Crippen molar-refractivity contribution in [3.63, 3.8) is 0 Å². The van der Waals surface area contributed by atoms with Crippen LogP contribution in [-0.4, -0.2) is 27.3 Å². The summed E-state index contributed by atoms with van der Waals surface area (Å²) in [5.41, 5.74) is 3.21. The molecular formula is C21H23N5O2. The second-order valence-corrected chi connectivity index (χ2v) is 7.46. The molecule has 1 fully saturated rings. The Morgan fingerprint density at radius 1 is 1.18 bits per heavy atom. The van der Waals surface area contributed by atoms with Crippen molar-refractivity contribution in [2.75, 3.05) is 10.6 Å². The van der Waals surface area contributed by atoms with Gasteiger partial charge in [-0.3, -0.25) is 9.59 Å². The van der Waals surface area contributed by atoms with Gasteiger partial charge in [-0.2, -0.15) is 0 Å². The fourth-order valence-corrected chi connectivity index (χ4v) is 3.66. The number of pyridine rings is 1. The van der Waals surface area contributed by atoms with Gasteiger partial charge >= 0.3 is 0 Å². The first-order valence-corrected chi connectivity index (χ1v) is 9.59. The Kier molecular flexibility index (Phi) is 5.06. The van der Waals surface area contributed by atoms with Gasteiger partial charge in [0.05, 0.1) is 17.2 Å². The van der Waals surface area contributed by atoms with Crippen LogP contribution < -0.4 is 10.6 Å². The van der Waals surface area contributed by atoms with Crippen LogP contribution in [0, 0.1) is 11.8 Å². The number of anilines is 2. The van der Waals surface area contributed by atoms with Gasteiger partial charge in [0.1, 0.15) is 11.6 Å². The van der Waals surface area contributed by atoms with Crippen molar-refractivity contribution in [3.05, 3.63) is 36.5 Å². The fourth-order valence-electron chi connectivity index (χ4n) is 3.66. The summed E-state index contributed by atoms with van der Waals surface area (Å²) in [5.74, 6) is 2.13. The summed E-state index contributed by atoms with van der Waals surface area (Å²) in [7, 11) is 0. The summed E-state index contributed by atoms with van der Waals surface area (Å²) in [6, 6.07) is 9.35. The molecule has 7 nitrogen and oxygen atoms in total. The quantitative estimate of drug-likeness (QED) is 0.586. The van der Waals surface area contributed by atoms with E-state index >= 15 is 0 Å². The third-order valence-corrected chi connectivity index (χ3v) is 5.39. The first-order valence-electron chi connectivity index (χ1n) is 9.59. The number of H-pyrrole nitrogens is 1. The molecule has 28 heavy (non-hydrogen) atoms. The van der Waals surface area contributed by atoms with E-state index in [-0.39, 0.29) is 11.8 Å². The molecule has 7 heteroatoms. The lowest BCUT2D eigenvalue weighted by Crippen LogP contribution is -2.26. The normalized spacial score (nSPS) is 19.3. The van der Waals surface area contributed by atoms with E-state index < -0.39 is 0 Å². The van der Waals surface area contributed by atoms with E-state index in [1.807, 2.05) is 24.3 Å². The van der Waals surface area contributed by atoms with Crippen LogP contribution in [0.1, 0.15) is 32.6 Å². The highest BCUT2D eigenvalue weighted by atomic mass is 16.2. The second-order valence-electron chi connectivity index (χ2n) is 7.46. The maximum absolute atomic E-state index is 12.5. The van der Waals surface area contributed by atoms with E-state index in [2.05, 4.69) is 32.5 Å². The Bertz CT molecular complexity index is 988. The van der Waals surface area contributed by atoms with Gasteiger partial charge < -0.3 is 15.6 Å². The van der Waals surface area contributed by atoms with Gasteiger partial charge in [0.15, 0.2) is 0 Å². The number of carbonyl (C=O) groups is 2. The molecule has 0 unspecified atom stereocenters. The minimum Gasteiger partial charge on any atom is -0.337 e. The third kappa shape index (κ3) is 3.88. The number of amides is 2. The highest BCUT2D eigenvalue weighted by Gasteiger charge is 2.24. The molecule has 0 atom stereocenters. The summed E-state index contributed by atoms with van der Waals surface area (Å²) >= 11 is 0. The van der Waals surface area contributed by atoms with Crippen molar-refractivity contribution < 1.29 is 9.59 Å². The predicted molar refractivity (Wildman–Crippen MR) is 109 cm³/mol. The average molecular weight is 377 g/mol. The lowest BCUT2D eigenvalue weighted by Gasteiger charge is -2.25. The molecule has 4 rings (SSSR count). The van der Waals surface area contributed by atoms with E-state index in [1.54, 1.807) is 12.3 Å². The molecular weight excluding hydrogens is 354 g/mol. The molecule has 1 aliphatic carbocycles. The number of imidazole rings is 1. The maximum Gasteiger partial charge on any atom is 0.227 e. The molecule has 1 aromatic carbocycles. The number of nitrogens with one attached hydrogen (secondary N) is 3. The number of aromatic amines is 1. The highest BCUT2D eigenvalue weighted by Crippen LogP contribution is 2.29. The largest absolute Gasteiger partial charge is 0.337 e. The van der Waals surface area contributed by atoms with Crippen LogP contribution in [0.2, 0.25) is 0 Å². The highest BCUT2D eigenvalue weighted by molar-refractivity contribution is 5.93. The van der Waals surface area contributed by atoms with Gasteiger partial charge in [-0.1, -0.05) is 6.92 Å². The van der Waals surface area contributed by atoms with E-state index in [9.17, 15) is 9.59 Å². The van der Waals surface area contributed by atoms with E-state index in [4.69, 9.17) is 0 Å². The summed E-state index contributed by atoms with van der Waals surface area (Å²) in [6.45, 7) is 2.25. The summed E-state index contributed by atoms with van der Waals surface area (Å²) < 4.78 is 0. The molecule has 1 saturated carbocycles. The standard InChI is InChI=1S/C21H23N5O2/c1-13-2-4-15(5-3-13)21(28)24-16-8-6-14(7-9-16)20-25-17-10-19(23-12-27)22-11-18(17)26-20/h6-13,15H,2-5H2,1H3,(H,24,28)(H,25,26)(H,22,23,27). The number of hydrogen-bond donors (Lipinski definition) is 3. The van der Waals surface area contributed by atoms with Crippen molar-refractivity contribution in [2.45, 2.75) is 32.6 Å². The Labute approximate surface area is 163 Å². The molecule has 3 N–H and O–H groups in total. The summed E-state index contributed by atoms with van der Waals surface area (Å²) in [4.78, 5) is 34.9. The fraction of sp³-hybridized carbons (Fsp3) is 0.333. The van der Waals surface area contributed by atoms with Crippen molar-refractivity contribution >= 4 is 34.9 Å². The second kappa shape index (κ2) is 7.80. The van der Waals surface area contributed by atoms with E-state index in [0.29, 0.717) is 18.1 Å². The molecule has 0 spiro atoms. The van der Waals surface area contributed by atoms with E-state index in [0.717, 1.165) is 53.9 Å². The van der Waals surface area contributed by atoms with Crippen LogP contribution in [-0.2, 0) is 9.59 Å². The van der Waals surface area contributed by atoms with Crippen LogP contribution in [0.5, 0.6) is 0 Å². The average Bonchev–Trinajstić information content (AvgIpc) is 3.13. The van der Waals surface area contributed by atoms with Gasteiger partial charge in [0, 0.05) is 23.2 Å². The molecule has 0 radical (unpaired) electrons. The predicted octanol–water partition coefficient (Wildman–Crippen LogP) is 3.96. The Balaban J connectivity index is 1.46. The SMILES string of the molecule is CC1CCC(C(=O)Nc2ccc(-c3nc4cc(NC=O)ncc4[nH]3)cc2)CC1. The summed E-state index contributed by atoms with van der Waals surface area (Å²) in [5, 5.41) is 5.55. The van der Waals surface area contributed by atoms with Gasteiger partial charge in [-0.25, -0.2) is 9.97 Å². The van der Waals surface area contributed by atoms with Crippen molar-refractivity contribution in [3.8, 4) is 11.4 Å². The molecule has 2 amide bonds. The van der Waals surface area contributed by atoms with Crippen LogP contribution >= 0.6 is 0 Å². The topological polar surface area (TPSA) is 99.8 Å². The number of hydrogen-bond acceptors (Lipinski definition) is 4. The first kappa shape index (κ1) is 18.2. The Hall–Kier alpha value is -3.22. The number of carbonyl (C=O) groups excluding carboxylic acids is 2. The molecule has 0 saturated heterocycles. The lowest BCUT2D eigenvalue weighted by atomic mass is 9.82. The molecule has 2 aromatic heterocycles. The first-order chi connectivity index (χ1) is 13.6. The van der Waals surface area contributed by atoms with Crippen molar-refractivity contribution in [1.29, 1.82) is 0 Å². The smallest absolute Gasteiger partial charge is 0.227 e. The zero-order valence-electron chi connectivity index (χ0n) is 15.7. The zero-order chi connectivity index (χ0) is 19.5. The van der Waals surface area contributed by atoms with Gasteiger partial charge in [-0.05, 0) is 55.9 Å². The molecule has 0 bridgehead atoms. The van der Waals surface area contributed by atoms with Crippen LogP contribution in [0.4, 0.5) is 11.5 Å². The van der Waals surface area contributed by atoms with Gasteiger partial charge in [0.2, 0.25) is 12.3 Å². The molecule has 3 aromatic rings. The lowest BCUT2D eigenvalue weighted by molar-refractivity contribution is -0.121. The van der Waals surface area contributed by atoms with Crippen LogP contribution in [0.25, 0.3) is 22.4 Å². The Morgan fingerprint density at radius 2 is 1.93 bits per heavy atom. The van der Waals surface area contributed by atoms with Crippen LogP contribution in [0.3, 0.4) is 0 Å². The number of fused-ring (bicyclic) bond motifs is 1. The number of nitrogens with zero attached hydrogens (tertiary/aromatic N) is 2. The monoisotopic (exact) mass is 377 g/mol. The van der Waals surface area contributed by atoms with Crippen LogP contribution in [0.15, 0.2) is 36.5 Å². The minimum atomic E-state index is 0.115. The molecule has 1 aliphatic rings. The maximum atomic E-state index is 12.5. The number of benzene rings is 1. The van der Waals surface area contributed by atoms with Crippen molar-refractivity contribution in [1.82, 2.24) is 15.0 Å². The van der Waals surface area contributed by atoms with Gasteiger partial charge in [0.25, 0.3) is 0 Å². The molecule has 144 valence electrons. The molecule has 2 heterocycles. The minimum absolute atomic E-state index is 0.115. The van der Waals surface area contributed by atoms with E-state index in [1.165, 1.54) is 0 Å². The zero-order valence-corrected chi connectivity index (χ0v) is 15.7.